The Morgan fingerprint density at radius 3 is 2.29 bits per heavy atom. The fourth-order valence-electron chi connectivity index (χ4n) is 11.3. The number of aromatic amines is 2. The first-order valence-electron chi connectivity index (χ1n) is 23.6. The van der Waals surface area contributed by atoms with Gasteiger partial charge in [0.15, 0.2) is 0 Å². The molecule has 14 nitrogen and oxygen atoms in total. The minimum absolute atomic E-state index is 0.0954. The first-order valence-corrected chi connectivity index (χ1v) is 23.6. The average Bonchev–Trinajstić information content (AvgIpc) is 4.21. The maximum Gasteiger partial charge on any atom is 0.407 e. The van der Waals surface area contributed by atoms with Crippen molar-refractivity contribution < 1.29 is 28.7 Å². The van der Waals surface area contributed by atoms with Crippen LogP contribution in [-0.4, -0.2) is 86.6 Å². The third kappa shape index (κ3) is 8.04. The SMILES string of the molecule is COC(=O)N[C@H](C(=O)N1[C@@H]2CC[C@@H](C2)[C@H]1c1ncc(-c2ccc(-c3ccc4c(ccc5[nH]c([C@@H]6CCCN6C(=O)[C@H](NC(=O)OC)c6cccc(C7CCCC7)c6)nc54)c3)cc2)[nH]1)C(C)C. The summed E-state index contributed by atoms with van der Waals surface area (Å²) in [5.74, 6) is 1.90. The lowest BCUT2D eigenvalue weighted by Crippen LogP contribution is -2.54. The maximum absolute atomic E-state index is 14.5. The van der Waals surface area contributed by atoms with Gasteiger partial charge in [-0.15, -0.1) is 0 Å². The summed E-state index contributed by atoms with van der Waals surface area (Å²) >= 11 is 0. The number of nitrogens with zero attached hydrogens (tertiary/aromatic N) is 4. The fourth-order valence-corrected chi connectivity index (χ4v) is 11.3. The largest absolute Gasteiger partial charge is 0.453 e. The third-order valence-corrected chi connectivity index (χ3v) is 14.7. The third-order valence-electron chi connectivity index (χ3n) is 14.7. The number of hydrogen-bond acceptors (Lipinski definition) is 8. The van der Waals surface area contributed by atoms with Gasteiger partial charge in [-0.2, -0.15) is 0 Å². The number of carbonyl (C=O) groups is 4. The highest BCUT2D eigenvalue weighted by atomic mass is 16.5. The number of alkyl carbamates (subject to hydrolysis) is 2. The van der Waals surface area contributed by atoms with Crippen molar-refractivity contribution in [1.29, 1.82) is 0 Å². The van der Waals surface area contributed by atoms with Crippen LogP contribution in [0.15, 0.2) is 85.1 Å². The van der Waals surface area contributed by atoms with E-state index in [-0.39, 0.29) is 35.9 Å². The summed E-state index contributed by atoms with van der Waals surface area (Å²) in [7, 11) is 2.63. The number of benzene rings is 4. The summed E-state index contributed by atoms with van der Waals surface area (Å²) < 4.78 is 9.83. The van der Waals surface area contributed by atoms with Gasteiger partial charge in [-0.1, -0.05) is 93.4 Å². The number of nitrogens with one attached hydrogen (secondary N) is 4. The molecule has 2 saturated heterocycles. The summed E-state index contributed by atoms with van der Waals surface area (Å²) in [4.78, 5) is 74.2. The molecule has 4 fully saturated rings. The van der Waals surface area contributed by atoms with Crippen molar-refractivity contribution in [2.24, 2.45) is 11.8 Å². The number of imidazole rings is 2. The molecule has 2 aromatic heterocycles. The summed E-state index contributed by atoms with van der Waals surface area (Å²) in [6, 6.07) is 25.2. The van der Waals surface area contributed by atoms with Crippen LogP contribution in [0, 0.1) is 11.8 Å². The molecule has 2 bridgehead atoms. The highest BCUT2D eigenvalue weighted by Gasteiger charge is 2.51. The molecule has 0 spiro atoms. The van der Waals surface area contributed by atoms with E-state index in [1.54, 1.807) is 0 Å². The number of H-pyrrole nitrogens is 2. The van der Waals surface area contributed by atoms with E-state index in [0.717, 1.165) is 106 Å². The number of carbonyl (C=O) groups excluding carboxylic acids is 4. The molecule has 14 heteroatoms. The molecule has 0 radical (unpaired) electrons. The molecular formula is C52H58N8O6. The normalized spacial score (nSPS) is 21.5. The molecule has 2 aliphatic heterocycles. The van der Waals surface area contributed by atoms with E-state index >= 15 is 0 Å². The maximum atomic E-state index is 14.5. The zero-order chi connectivity index (χ0) is 45.6. The van der Waals surface area contributed by atoms with E-state index in [9.17, 15) is 19.2 Å². The van der Waals surface area contributed by atoms with Crippen LogP contribution in [0.2, 0.25) is 0 Å². The van der Waals surface area contributed by atoms with Crippen LogP contribution in [0.3, 0.4) is 0 Å². The van der Waals surface area contributed by atoms with Gasteiger partial charge >= 0.3 is 12.2 Å². The number of hydrogen-bond donors (Lipinski definition) is 4. The molecule has 0 unspecified atom stereocenters. The summed E-state index contributed by atoms with van der Waals surface area (Å²) in [5.41, 5.74) is 7.72. The predicted molar refractivity (Wildman–Crippen MR) is 251 cm³/mol. The van der Waals surface area contributed by atoms with Crippen molar-refractivity contribution >= 4 is 45.8 Å². The number of ether oxygens (including phenoxy) is 2. The van der Waals surface area contributed by atoms with Crippen molar-refractivity contribution in [3.05, 3.63) is 108 Å². The minimum Gasteiger partial charge on any atom is -0.453 e. The van der Waals surface area contributed by atoms with E-state index in [4.69, 9.17) is 19.4 Å². The van der Waals surface area contributed by atoms with Crippen molar-refractivity contribution in [1.82, 2.24) is 40.4 Å². The molecule has 4 N–H and O–H groups in total. The van der Waals surface area contributed by atoms with Crippen molar-refractivity contribution in [2.75, 3.05) is 20.8 Å². The number of likely N-dealkylation sites (tertiary alicyclic amines) is 2. The smallest absolute Gasteiger partial charge is 0.407 e. The first-order chi connectivity index (χ1) is 32.1. The number of rotatable bonds is 11. The van der Waals surface area contributed by atoms with Crippen LogP contribution in [-0.2, 0) is 19.1 Å². The molecule has 2 aliphatic carbocycles. The quantitative estimate of drug-likeness (QED) is 0.0995. The van der Waals surface area contributed by atoms with Crippen LogP contribution < -0.4 is 10.6 Å². The van der Waals surface area contributed by atoms with Crippen LogP contribution in [0.4, 0.5) is 9.59 Å². The topological polar surface area (TPSA) is 175 Å². The standard InChI is InChI=1S/C52H58N8O6/c1-29(2)43(57-51(63)65-3)50(62)60-38-21-18-37(27-38)46(60)48-53-28-41(55-48)32-16-14-31(15-17-32)34-19-22-39-35(25-34)20-23-40-45(39)56-47(54-40)42-13-8-24-59(42)49(61)44(58-52(64)66-4)36-12-7-11-33(26-36)30-9-5-6-10-30/h7,11-12,14-17,19-20,22-23,25-26,28-30,37-38,42-44,46H,5-6,8-10,13,18,21,24,27H2,1-4H3,(H,53,55)(H,54,56)(H,57,63)(H,58,64)/t37-,38+,42-,43-,44+,46-/m0/s1. The Labute approximate surface area is 384 Å². The van der Waals surface area contributed by atoms with Gasteiger partial charge in [0.25, 0.3) is 5.91 Å². The van der Waals surface area contributed by atoms with Gasteiger partial charge in [-0.3, -0.25) is 9.59 Å². The lowest BCUT2D eigenvalue weighted by molar-refractivity contribution is -0.139. The Morgan fingerprint density at radius 2 is 1.52 bits per heavy atom. The van der Waals surface area contributed by atoms with Crippen LogP contribution >= 0.6 is 0 Å². The van der Waals surface area contributed by atoms with Crippen molar-refractivity contribution in [3.8, 4) is 22.4 Å². The van der Waals surface area contributed by atoms with E-state index in [1.165, 1.54) is 32.6 Å². The molecule has 6 atom stereocenters. The van der Waals surface area contributed by atoms with Crippen molar-refractivity contribution in [3.63, 3.8) is 0 Å². The lowest BCUT2D eigenvalue weighted by Gasteiger charge is -2.37. The Balaban J connectivity index is 0.863. The zero-order valence-electron chi connectivity index (χ0n) is 38.0. The van der Waals surface area contributed by atoms with E-state index < -0.39 is 24.3 Å². The van der Waals surface area contributed by atoms with Crippen LogP contribution in [0.5, 0.6) is 0 Å². The number of aromatic nitrogens is 4. The second kappa shape index (κ2) is 17.9. The van der Waals surface area contributed by atoms with Gasteiger partial charge in [0.05, 0.1) is 49.2 Å². The molecule has 10 rings (SSSR count). The Kier molecular flexibility index (Phi) is 11.7. The molecule has 6 aromatic rings. The summed E-state index contributed by atoms with van der Waals surface area (Å²) in [6.07, 6.45) is 9.77. The second-order valence-corrected chi connectivity index (χ2v) is 19.0. The summed E-state index contributed by atoms with van der Waals surface area (Å²) in [6.45, 7) is 4.42. The lowest BCUT2D eigenvalue weighted by atomic mass is 9.93. The highest BCUT2D eigenvalue weighted by molar-refractivity contribution is 6.05. The van der Waals surface area contributed by atoms with Crippen LogP contribution in [0.25, 0.3) is 44.2 Å². The average molecular weight is 891 g/mol. The zero-order valence-corrected chi connectivity index (χ0v) is 38.0. The monoisotopic (exact) mass is 890 g/mol. The van der Waals surface area contributed by atoms with Gasteiger partial charge in [0.2, 0.25) is 5.91 Å². The number of piperidine rings is 1. The highest BCUT2D eigenvalue weighted by Crippen LogP contribution is 2.50. The Hall–Kier alpha value is -6.70. The van der Waals surface area contributed by atoms with Gasteiger partial charge < -0.3 is 39.9 Å². The van der Waals surface area contributed by atoms with Crippen molar-refractivity contribution in [2.45, 2.75) is 108 Å². The number of fused-ring (bicyclic) bond motifs is 5. The fraction of sp³-hybridized carbons (Fsp3) is 0.423. The Bertz CT molecular complexity index is 2790. The van der Waals surface area contributed by atoms with Gasteiger partial charge in [-0.05, 0) is 108 Å². The van der Waals surface area contributed by atoms with E-state index in [1.807, 2.05) is 42.0 Å². The number of methoxy groups -OCH3 is 2. The molecule has 4 heterocycles. The van der Waals surface area contributed by atoms with E-state index in [0.29, 0.717) is 18.4 Å². The molecule has 66 heavy (non-hydrogen) atoms. The number of amides is 4. The second-order valence-electron chi connectivity index (χ2n) is 19.0. The van der Waals surface area contributed by atoms with Crippen LogP contribution in [0.1, 0.15) is 118 Å². The first kappa shape index (κ1) is 43.2. The van der Waals surface area contributed by atoms with Gasteiger partial charge in [-0.25, -0.2) is 19.6 Å². The van der Waals surface area contributed by atoms with Gasteiger partial charge in [0, 0.05) is 18.0 Å². The van der Waals surface area contributed by atoms with E-state index in [2.05, 4.69) is 87.3 Å². The van der Waals surface area contributed by atoms with Gasteiger partial charge in [0.1, 0.15) is 23.7 Å². The molecular weight excluding hydrogens is 833 g/mol. The molecule has 4 aliphatic rings. The predicted octanol–water partition coefficient (Wildman–Crippen LogP) is 9.62. The molecule has 4 amide bonds. The molecule has 4 aromatic carbocycles. The summed E-state index contributed by atoms with van der Waals surface area (Å²) in [5, 5.41) is 7.68. The minimum atomic E-state index is -0.883. The Morgan fingerprint density at radius 1 is 0.758 bits per heavy atom. The molecule has 2 saturated carbocycles. The molecule has 342 valence electrons.